The molecule has 3 heterocycles. The Kier molecular flexibility index (Phi) is 7.14. The summed E-state index contributed by atoms with van der Waals surface area (Å²) in [5.41, 5.74) is 2.19. The van der Waals surface area contributed by atoms with Crippen LogP contribution in [0.5, 0.6) is 0 Å². The van der Waals surface area contributed by atoms with Crippen LogP contribution in [0.1, 0.15) is 40.3 Å². The van der Waals surface area contributed by atoms with E-state index in [9.17, 15) is 19.1 Å². The third kappa shape index (κ3) is 5.40. The molecule has 0 radical (unpaired) electrons. The van der Waals surface area contributed by atoms with E-state index in [1.165, 1.54) is 36.4 Å². The summed E-state index contributed by atoms with van der Waals surface area (Å²) in [6.45, 7) is 0.302. The van der Waals surface area contributed by atoms with E-state index in [4.69, 9.17) is 16.6 Å². The van der Waals surface area contributed by atoms with Gasteiger partial charge >= 0.3 is 5.97 Å². The molecule has 192 valence electrons. The SMILES string of the molecule is O=C(CCN1C(=S)N[C@H](c2ccccn2)[C@@H]1c1ccc(-c2ccc(C(=O)O)cc2)o1)Nc1ccc(F)cc1. The summed E-state index contributed by atoms with van der Waals surface area (Å²) in [4.78, 5) is 30.2. The van der Waals surface area contributed by atoms with Crippen LogP contribution in [0.2, 0.25) is 0 Å². The summed E-state index contributed by atoms with van der Waals surface area (Å²) in [5, 5.41) is 15.7. The number of hydrogen-bond donors (Lipinski definition) is 3. The molecule has 0 aliphatic carbocycles. The lowest BCUT2D eigenvalue weighted by Crippen LogP contribution is -2.32. The van der Waals surface area contributed by atoms with Gasteiger partial charge in [0.2, 0.25) is 5.91 Å². The number of carbonyl (C=O) groups is 2. The quantitative estimate of drug-likeness (QED) is 0.268. The minimum atomic E-state index is -1.00. The number of carboxylic acids is 1. The van der Waals surface area contributed by atoms with Crippen molar-refractivity contribution in [2.75, 3.05) is 11.9 Å². The number of nitrogens with zero attached hydrogens (tertiary/aromatic N) is 2. The molecular weight excluding hydrogens is 507 g/mol. The highest BCUT2D eigenvalue weighted by molar-refractivity contribution is 7.80. The first-order chi connectivity index (χ1) is 18.4. The topological polar surface area (TPSA) is 108 Å². The number of aromatic carboxylic acids is 1. The number of rotatable bonds is 8. The van der Waals surface area contributed by atoms with Crippen LogP contribution in [0, 0.1) is 5.82 Å². The van der Waals surface area contributed by atoms with E-state index in [0.717, 1.165) is 11.3 Å². The third-order valence-corrected chi connectivity index (χ3v) is 6.59. The van der Waals surface area contributed by atoms with E-state index < -0.39 is 5.97 Å². The highest BCUT2D eigenvalue weighted by Gasteiger charge is 2.41. The molecule has 2 aromatic heterocycles. The predicted molar refractivity (Wildman–Crippen MR) is 143 cm³/mol. The molecule has 1 aliphatic heterocycles. The highest BCUT2D eigenvalue weighted by atomic mass is 32.1. The first-order valence-corrected chi connectivity index (χ1v) is 12.3. The second-order valence-corrected chi connectivity index (χ2v) is 9.10. The fraction of sp³-hybridized carbons (Fsp3) is 0.143. The lowest BCUT2D eigenvalue weighted by molar-refractivity contribution is -0.116. The van der Waals surface area contributed by atoms with Gasteiger partial charge in [-0.25, -0.2) is 9.18 Å². The molecule has 2 aromatic carbocycles. The van der Waals surface area contributed by atoms with Gasteiger partial charge in [0, 0.05) is 30.4 Å². The summed E-state index contributed by atoms with van der Waals surface area (Å²) in [6, 6.07) is 20.6. The summed E-state index contributed by atoms with van der Waals surface area (Å²) in [6.07, 6.45) is 1.84. The molecule has 0 unspecified atom stereocenters. The van der Waals surface area contributed by atoms with Gasteiger partial charge in [0.25, 0.3) is 0 Å². The molecule has 1 fully saturated rings. The number of amides is 1. The highest BCUT2D eigenvalue weighted by Crippen LogP contribution is 2.40. The van der Waals surface area contributed by atoms with Crippen molar-refractivity contribution in [3.05, 3.63) is 108 Å². The Hall–Kier alpha value is -4.57. The first-order valence-electron chi connectivity index (χ1n) is 11.9. The van der Waals surface area contributed by atoms with Gasteiger partial charge in [-0.15, -0.1) is 0 Å². The maximum atomic E-state index is 13.2. The molecule has 10 heteroatoms. The first kappa shape index (κ1) is 25.1. The normalized spacial score (nSPS) is 16.8. The van der Waals surface area contributed by atoms with E-state index in [0.29, 0.717) is 28.9 Å². The van der Waals surface area contributed by atoms with Crippen LogP contribution in [-0.2, 0) is 4.79 Å². The van der Waals surface area contributed by atoms with Gasteiger partial charge < -0.3 is 25.1 Å². The Morgan fingerprint density at radius 2 is 1.82 bits per heavy atom. The number of carbonyl (C=O) groups excluding carboxylic acids is 1. The van der Waals surface area contributed by atoms with Crippen LogP contribution >= 0.6 is 12.2 Å². The number of thiocarbonyl (C=S) groups is 1. The van der Waals surface area contributed by atoms with Gasteiger partial charge in [-0.05, 0) is 72.9 Å². The monoisotopic (exact) mass is 530 g/mol. The zero-order chi connectivity index (χ0) is 26.6. The third-order valence-electron chi connectivity index (χ3n) is 6.24. The van der Waals surface area contributed by atoms with E-state index in [2.05, 4.69) is 15.6 Å². The van der Waals surface area contributed by atoms with Crippen molar-refractivity contribution in [1.82, 2.24) is 15.2 Å². The number of carboxylic acid groups (broad SMARTS) is 1. The Morgan fingerprint density at radius 3 is 2.50 bits per heavy atom. The maximum Gasteiger partial charge on any atom is 0.335 e. The second-order valence-electron chi connectivity index (χ2n) is 8.71. The number of anilines is 1. The lowest BCUT2D eigenvalue weighted by Gasteiger charge is -2.25. The minimum absolute atomic E-state index is 0.134. The van der Waals surface area contributed by atoms with Crippen LogP contribution in [0.15, 0.2) is 89.5 Å². The van der Waals surface area contributed by atoms with E-state index in [-0.39, 0.29) is 35.8 Å². The van der Waals surface area contributed by atoms with Gasteiger partial charge in [0.05, 0.1) is 17.3 Å². The standard InChI is InChI=1S/C28H23FN4O4S/c29-19-8-10-20(11-9-19)31-24(34)14-16-33-26(25(32-28(33)38)21-3-1-2-15-30-21)23-13-12-22(37-23)17-4-6-18(7-5-17)27(35)36/h1-13,15,25-26H,14,16H2,(H,31,34)(H,32,38)(H,35,36)/t25-,26+/m1/s1. The Bertz CT molecular complexity index is 1460. The number of nitrogens with one attached hydrogen (secondary N) is 2. The largest absolute Gasteiger partial charge is 0.478 e. The summed E-state index contributed by atoms with van der Waals surface area (Å²) >= 11 is 5.65. The molecule has 0 saturated carbocycles. The van der Waals surface area contributed by atoms with Crippen molar-refractivity contribution in [1.29, 1.82) is 0 Å². The zero-order valence-corrected chi connectivity index (χ0v) is 20.8. The number of benzene rings is 2. The Balaban J connectivity index is 1.38. The predicted octanol–water partition coefficient (Wildman–Crippen LogP) is 5.18. The molecule has 1 amide bonds. The number of pyridine rings is 1. The van der Waals surface area contributed by atoms with Crippen LogP contribution in [0.3, 0.4) is 0 Å². The van der Waals surface area contributed by atoms with Crippen LogP contribution < -0.4 is 10.6 Å². The smallest absolute Gasteiger partial charge is 0.335 e. The average Bonchev–Trinajstić information content (AvgIpc) is 3.54. The summed E-state index contributed by atoms with van der Waals surface area (Å²) < 4.78 is 19.4. The minimum Gasteiger partial charge on any atom is -0.478 e. The van der Waals surface area contributed by atoms with Gasteiger partial charge in [-0.1, -0.05) is 18.2 Å². The van der Waals surface area contributed by atoms with Crippen LogP contribution in [0.4, 0.5) is 10.1 Å². The molecule has 4 aromatic rings. The van der Waals surface area contributed by atoms with Crippen LogP contribution in [0.25, 0.3) is 11.3 Å². The average molecular weight is 531 g/mol. The number of halogens is 1. The molecule has 1 aliphatic rings. The molecule has 2 atom stereocenters. The van der Waals surface area contributed by atoms with Crippen molar-refractivity contribution in [2.45, 2.75) is 18.5 Å². The molecule has 0 spiro atoms. The van der Waals surface area contributed by atoms with Crippen LogP contribution in [-0.4, -0.2) is 38.5 Å². The Labute approximate surface area is 223 Å². The van der Waals surface area contributed by atoms with Crippen molar-refractivity contribution in [3.63, 3.8) is 0 Å². The molecule has 38 heavy (non-hydrogen) atoms. The number of hydrogen-bond acceptors (Lipinski definition) is 5. The van der Waals surface area contributed by atoms with Gasteiger partial charge in [-0.3, -0.25) is 9.78 Å². The van der Waals surface area contributed by atoms with Crippen molar-refractivity contribution < 1.29 is 23.5 Å². The van der Waals surface area contributed by atoms with Crippen molar-refractivity contribution in [3.8, 4) is 11.3 Å². The van der Waals surface area contributed by atoms with Gasteiger partial charge in [0.15, 0.2) is 5.11 Å². The molecule has 1 saturated heterocycles. The molecule has 5 rings (SSSR count). The molecule has 8 nitrogen and oxygen atoms in total. The van der Waals surface area contributed by atoms with E-state index in [1.807, 2.05) is 35.2 Å². The van der Waals surface area contributed by atoms with Gasteiger partial charge in [0.1, 0.15) is 23.4 Å². The fourth-order valence-electron chi connectivity index (χ4n) is 4.38. The number of furan rings is 1. The molecule has 3 N–H and O–H groups in total. The molecule has 0 bridgehead atoms. The van der Waals surface area contributed by atoms with Gasteiger partial charge in [-0.2, -0.15) is 0 Å². The van der Waals surface area contributed by atoms with Crippen molar-refractivity contribution >= 4 is 34.9 Å². The maximum absolute atomic E-state index is 13.2. The fourth-order valence-corrected chi connectivity index (χ4v) is 4.71. The van der Waals surface area contributed by atoms with Crippen molar-refractivity contribution in [2.24, 2.45) is 0 Å². The molecular formula is C28H23FN4O4S. The second kappa shape index (κ2) is 10.8. The number of aromatic nitrogens is 1. The summed E-state index contributed by atoms with van der Waals surface area (Å²) in [7, 11) is 0. The summed E-state index contributed by atoms with van der Waals surface area (Å²) in [5.74, 6) is -0.430. The zero-order valence-electron chi connectivity index (χ0n) is 20.0. The van der Waals surface area contributed by atoms with E-state index in [1.54, 1.807) is 18.3 Å². The Morgan fingerprint density at radius 1 is 1.05 bits per heavy atom. The van der Waals surface area contributed by atoms with E-state index >= 15 is 0 Å². The lowest BCUT2D eigenvalue weighted by atomic mass is 10.0.